The summed E-state index contributed by atoms with van der Waals surface area (Å²) in [6.07, 6.45) is 0. The Morgan fingerprint density at radius 2 is 1.39 bits per heavy atom. The Hall–Kier alpha value is -3.71. The van der Waals surface area contributed by atoms with E-state index in [9.17, 15) is 9.59 Å². The second kappa shape index (κ2) is 10.5. The molecule has 1 aliphatic rings. The number of thioether (sulfide) groups is 1. The lowest BCUT2D eigenvalue weighted by molar-refractivity contribution is -0.120. The fraction of sp³-hybridized carbons (Fsp3) is 0. The molecule has 0 aromatic heterocycles. The number of hydrogen-bond donors (Lipinski definition) is 1. The van der Waals surface area contributed by atoms with Crippen molar-refractivity contribution in [3.63, 3.8) is 0 Å². The standard InChI is InChI=1S/C28H18Cl2N2O3S/c29-18-9-15-24(16-10-18)36-26-25(31-20-6-4-5-19(30)17-20)27(33)32(28(26)34)21-11-13-23(14-12-21)35-22-7-2-1-3-8-22/h1-17,31H. The summed E-state index contributed by atoms with van der Waals surface area (Å²) in [5, 5.41) is 4.19. The predicted molar refractivity (Wildman–Crippen MR) is 145 cm³/mol. The topological polar surface area (TPSA) is 58.6 Å². The summed E-state index contributed by atoms with van der Waals surface area (Å²) >= 11 is 13.3. The van der Waals surface area contributed by atoms with E-state index in [0.29, 0.717) is 32.9 Å². The number of imide groups is 1. The molecule has 36 heavy (non-hydrogen) atoms. The minimum atomic E-state index is -0.465. The van der Waals surface area contributed by atoms with Crippen molar-refractivity contribution in [2.45, 2.75) is 4.90 Å². The quantitative estimate of drug-likeness (QED) is 0.246. The predicted octanol–water partition coefficient (Wildman–Crippen LogP) is 7.77. The molecule has 178 valence electrons. The number of nitrogens with zero attached hydrogens (tertiary/aromatic N) is 1. The number of rotatable bonds is 7. The van der Waals surface area contributed by atoms with E-state index >= 15 is 0 Å². The first-order valence-electron chi connectivity index (χ1n) is 10.9. The van der Waals surface area contributed by atoms with Gasteiger partial charge in [-0.3, -0.25) is 9.59 Å². The molecule has 5 rings (SSSR count). The Labute approximate surface area is 222 Å². The third-order valence-electron chi connectivity index (χ3n) is 5.24. The highest BCUT2D eigenvalue weighted by molar-refractivity contribution is 8.04. The minimum Gasteiger partial charge on any atom is -0.457 e. The number of hydrogen-bond acceptors (Lipinski definition) is 5. The number of nitrogens with one attached hydrogen (secondary N) is 1. The van der Waals surface area contributed by atoms with Gasteiger partial charge in [0.05, 0.1) is 5.69 Å². The smallest absolute Gasteiger partial charge is 0.283 e. The summed E-state index contributed by atoms with van der Waals surface area (Å²) in [7, 11) is 0. The average molecular weight is 533 g/mol. The van der Waals surface area contributed by atoms with Crippen LogP contribution >= 0.6 is 35.0 Å². The van der Waals surface area contributed by atoms with Crippen LogP contribution in [0.5, 0.6) is 11.5 Å². The first-order chi connectivity index (χ1) is 17.5. The maximum Gasteiger partial charge on any atom is 0.283 e. The SMILES string of the molecule is O=C1C(Nc2cccc(Cl)c2)=C(Sc2ccc(Cl)cc2)C(=O)N1c1ccc(Oc2ccccc2)cc1. The van der Waals surface area contributed by atoms with Gasteiger partial charge in [-0.05, 0) is 78.9 Å². The molecule has 1 aliphatic heterocycles. The van der Waals surface area contributed by atoms with Gasteiger partial charge in [-0.2, -0.15) is 0 Å². The van der Waals surface area contributed by atoms with Crippen molar-refractivity contribution < 1.29 is 14.3 Å². The zero-order valence-corrected chi connectivity index (χ0v) is 21.0. The Bertz CT molecular complexity index is 1460. The molecule has 0 fully saturated rings. The highest BCUT2D eigenvalue weighted by Gasteiger charge is 2.40. The van der Waals surface area contributed by atoms with Gasteiger partial charge in [-0.1, -0.05) is 59.2 Å². The van der Waals surface area contributed by atoms with E-state index < -0.39 is 11.8 Å². The summed E-state index contributed by atoms with van der Waals surface area (Å²) in [5.74, 6) is 0.384. The van der Waals surface area contributed by atoms with Gasteiger partial charge >= 0.3 is 0 Å². The fourth-order valence-electron chi connectivity index (χ4n) is 3.57. The molecule has 0 aliphatic carbocycles. The number of benzene rings is 4. The Kier molecular flexibility index (Phi) is 7.00. The van der Waals surface area contributed by atoms with Crippen LogP contribution in [-0.2, 0) is 9.59 Å². The molecule has 4 aromatic rings. The van der Waals surface area contributed by atoms with E-state index in [2.05, 4.69) is 5.32 Å². The van der Waals surface area contributed by atoms with Crippen LogP contribution in [0.2, 0.25) is 10.0 Å². The Morgan fingerprint density at radius 1 is 0.694 bits per heavy atom. The summed E-state index contributed by atoms with van der Waals surface area (Å²) in [6, 6.07) is 30.2. The van der Waals surface area contributed by atoms with Crippen LogP contribution in [0.3, 0.4) is 0 Å². The summed E-state index contributed by atoms with van der Waals surface area (Å²) < 4.78 is 5.83. The van der Waals surface area contributed by atoms with Crippen LogP contribution in [0.4, 0.5) is 11.4 Å². The Balaban J connectivity index is 1.45. The summed E-state index contributed by atoms with van der Waals surface area (Å²) in [5.41, 5.74) is 1.20. The van der Waals surface area contributed by atoms with Gasteiger partial charge in [0.2, 0.25) is 0 Å². The van der Waals surface area contributed by atoms with Crippen LogP contribution in [0.1, 0.15) is 0 Å². The average Bonchev–Trinajstić information content (AvgIpc) is 3.10. The minimum absolute atomic E-state index is 0.173. The number of carbonyl (C=O) groups is 2. The third kappa shape index (κ3) is 5.26. The number of carbonyl (C=O) groups excluding carboxylic acids is 2. The molecule has 2 amide bonds. The van der Waals surface area contributed by atoms with Gasteiger partial charge in [0, 0.05) is 20.6 Å². The highest BCUT2D eigenvalue weighted by atomic mass is 35.5. The van der Waals surface area contributed by atoms with Gasteiger partial charge in [0.15, 0.2) is 0 Å². The maximum atomic E-state index is 13.5. The normalized spacial score (nSPS) is 13.3. The molecule has 1 N–H and O–H groups in total. The van der Waals surface area contributed by atoms with Crippen molar-refractivity contribution >= 4 is 58.2 Å². The zero-order chi connectivity index (χ0) is 25.1. The molecule has 0 spiro atoms. The van der Waals surface area contributed by atoms with Crippen LogP contribution in [0, 0.1) is 0 Å². The number of para-hydroxylation sites is 1. The largest absolute Gasteiger partial charge is 0.457 e. The van der Waals surface area contributed by atoms with Gasteiger partial charge < -0.3 is 10.1 Å². The van der Waals surface area contributed by atoms with Crippen LogP contribution in [-0.4, -0.2) is 11.8 Å². The lowest BCUT2D eigenvalue weighted by Crippen LogP contribution is -2.32. The monoisotopic (exact) mass is 532 g/mol. The lowest BCUT2D eigenvalue weighted by Gasteiger charge is -2.16. The molecule has 0 radical (unpaired) electrons. The second-order valence-corrected chi connectivity index (χ2v) is 9.71. The van der Waals surface area contributed by atoms with Crippen LogP contribution in [0.25, 0.3) is 0 Å². The molecule has 0 bridgehead atoms. The van der Waals surface area contributed by atoms with E-state index in [4.69, 9.17) is 27.9 Å². The van der Waals surface area contributed by atoms with Gasteiger partial charge in [-0.25, -0.2) is 4.90 Å². The van der Waals surface area contributed by atoms with Crippen molar-refractivity contribution in [1.29, 1.82) is 0 Å². The number of halogens is 2. The van der Waals surface area contributed by atoms with Crippen LogP contribution in [0.15, 0.2) is 119 Å². The molecular formula is C28H18Cl2N2O3S. The molecule has 0 unspecified atom stereocenters. The van der Waals surface area contributed by atoms with Crippen molar-refractivity contribution in [3.8, 4) is 11.5 Å². The molecule has 8 heteroatoms. The van der Waals surface area contributed by atoms with Crippen LogP contribution < -0.4 is 15.0 Å². The first kappa shape index (κ1) is 24.0. The van der Waals surface area contributed by atoms with E-state index in [0.717, 1.165) is 9.80 Å². The molecule has 1 heterocycles. The van der Waals surface area contributed by atoms with Crippen molar-refractivity contribution in [3.05, 3.63) is 124 Å². The second-order valence-electron chi connectivity index (χ2n) is 7.75. The van der Waals surface area contributed by atoms with E-state index in [1.807, 2.05) is 30.3 Å². The van der Waals surface area contributed by atoms with Crippen molar-refractivity contribution in [2.24, 2.45) is 0 Å². The molecule has 4 aromatic carbocycles. The zero-order valence-electron chi connectivity index (χ0n) is 18.7. The molecule has 0 atom stereocenters. The lowest BCUT2D eigenvalue weighted by atomic mass is 10.2. The molecule has 0 saturated heterocycles. The van der Waals surface area contributed by atoms with Gasteiger partial charge in [0.25, 0.3) is 11.8 Å². The molecule has 5 nitrogen and oxygen atoms in total. The highest BCUT2D eigenvalue weighted by Crippen LogP contribution is 2.39. The maximum absolute atomic E-state index is 13.5. The summed E-state index contributed by atoms with van der Waals surface area (Å²) in [4.78, 5) is 29.2. The summed E-state index contributed by atoms with van der Waals surface area (Å²) in [6.45, 7) is 0. The van der Waals surface area contributed by atoms with Gasteiger partial charge in [0.1, 0.15) is 22.1 Å². The fourth-order valence-corrected chi connectivity index (χ4v) is 4.81. The Morgan fingerprint density at radius 3 is 2.08 bits per heavy atom. The number of amides is 2. The molecular weight excluding hydrogens is 515 g/mol. The molecule has 0 saturated carbocycles. The van der Waals surface area contributed by atoms with Crippen molar-refractivity contribution in [1.82, 2.24) is 0 Å². The van der Waals surface area contributed by atoms with E-state index in [-0.39, 0.29) is 10.6 Å². The first-order valence-corrected chi connectivity index (χ1v) is 12.5. The van der Waals surface area contributed by atoms with Crippen molar-refractivity contribution in [2.75, 3.05) is 10.2 Å². The van der Waals surface area contributed by atoms with E-state index in [1.165, 1.54) is 11.8 Å². The van der Waals surface area contributed by atoms with E-state index in [1.54, 1.807) is 72.8 Å². The third-order valence-corrected chi connectivity index (χ3v) is 6.82. The van der Waals surface area contributed by atoms with Gasteiger partial charge in [-0.15, -0.1) is 0 Å². The number of anilines is 2. The number of ether oxygens (including phenoxy) is 1.